The van der Waals surface area contributed by atoms with E-state index < -0.39 is 21.9 Å². The van der Waals surface area contributed by atoms with Gasteiger partial charge in [0.2, 0.25) is 0 Å². The van der Waals surface area contributed by atoms with Crippen molar-refractivity contribution < 1.29 is 32.2 Å². The number of carbonyl (C=O) groups is 2. The van der Waals surface area contributed by atoms with E-state index in [0.717, 1.165) is 0 Å². The molecule has 0 aliphatic heterocycles. The number of amides is 1. The number of hydrogen-bond donors (Lipinski definition) is 2. The van der Waals surface area contributed by atoms with Gasteiger partial charge in [0.15, 0.2) is 11.5 Å². The average Bonchev–Trinajstić information content (AvgIpc) is 3.50. The smallest absolute Gasteiger partial charge is 0.353 e. The normalized spacial score (nSPS) is 11.2. The van der Waals surface area contributed by atoms with E-state index >= 15 is 0 Å². The fourth-order valence-corrected chi connectivity index (χ4v) is 5.15. The van der Waals surface area contributed by atoms with Crippen LogP contribution in [0.3, 0.4) is 0 Å². The van der Waals surface area contributed by atoms with E-state index in [2.05, 4.69) is 15.2 Å². The number of hydrogen-bond acceptors (Lipinski definition) is 9. The third-order valence-electron chi connectivity index (χ3n) is 5.35. The lowest BCUT2D eigenvalue weighted by Gasteiger charge is -2.12. The standard InChI is InChI=1S/C28H25N3O7S2/c1-3-37-20-11-13-21(14-12-20)40(34,35)31-23-8-5-4-7-22(23)27(32)30-29-18-19-10-15-24(25(17-19)36-2)38-28(33)26-9-6-16-39-26/h4-18,31H,3H2,1-2H3,(H,30,32). The molecule has 0 spiro atoms. The van der Waals surface area contributed by atoms with Crippen molar-refractivity contribution in [3.05, 3.63) is 100 Å². The van der Waals surface area contributed by atoms with Gasteiger partial charge in [-0.2, -0.15) is 5.10 Å². The van der Waals surface area contributed by atoms with Crippen LogP contribution < -0.4 is 24.4 Å². The van der Waals surface area contributed by atoms with Crippen LogP contribution in [0.15, 0.2) is 94.2 Å². The van der Waals surface area contributed by atoms with E-state index in [-0.39, 0.29) is 21.9 Å². The Labute approximate surface area is 235 Å². The number of anilines is 1. The van der Waals surface area contributed by atoms with Crippen LogP contribution in [0.4, 0.5) is 5.69 Å². The molecule has 1 heterocycles. The lowest BCUT2D eigenvalue weighted by atomic mass is 10.2. The van der Waals surface area contributed by atoms with Crippen molar-refractivity contribution >= 4 is 45.1 Å². The van der Waals surface area contributed by atoms with Crippen LogP contribution in [0, 0.1) is 0 Å². The maximum absolute atomic E-state index is 12.9. The predicted octanol–water partition coefficient (Wildman–Crippen LogP) is 4.94. The largest absolute Gasteiger partial charge is 0.494 e. The Bertz CT molecular complexity index is 1620. The molecule has 3 aromatic carbocycles. The van der Waals surface area contributed by atoms with Crippen molar-refractivity contribution in [3.8, 4) is 17.2 Å². The molecular formula is C28H25N3O7S2. The topological polar surface area (TPSA) is 132 Å². The molecule has 0 atom stereocenters. The second-order valence-corrected chi connectivity index (χ2v) is 10.7. The first-order valence-corrected chi connectivity index (χ1v) is 14.3. The van der Waals surface area contributed by atoms with Gasteiger partial charge in [-0.25, -0.2) is 18.6 Å². The van der Waals surface area contributed by atoms with E-state index in [1.54, 1.807) is 60.0 Å². The Kier molecular flexibility index (Phi) is 9.15. The Morgan fingerprint density at radius 1 is 0.975 bits per heavy atom. The quantitative estimate of drug-likeness (QED) is 0.111. The fourth-order valence-electron chi connectivity index (χ4n) is 3.47. The maximum atomic E-state index is 12.9. The number of nitrogens with one attached hydrogen (secondary N) is 2. The number of esters is 1. The summed E-state index contributed by atoms with van der Waals surface area (Å²) in [6.07, 6.45) is 1.37. The zero-order valence-electron chi connectivity index (χ0n) is 21.5. The molecule has 0 aliphatic rings. The summed E-state index contributed by atoms with van der Waals surface area (Å²) < 4.78 is 44.4. The fraction of sp³-hybridized carbons (Fsp3) is 0.107. The van der Waals surface area contributed by atoms with Crippen LogP contribution in [-0.4, -0.2) is 40.2 Å². The summed E-state index contributed by atoms with van der Waals surface area (Å²) >= 11 is 1.26. The number of rotatable bonds is 11. The lowest BCUT2D eigenvalue weighted by molar-refractivity contribution is 0.0734. The Morgan fingerprint density at radius 2 is 1.75 bits per heavy atom. The second kappa shape index (κ2) is 12.9. The first-order chi connectivity index (χ1) is 19.3. The number of benzene rings is 3. The first kappa shape index (κ1) is 28.3. The Morgan fingerprint density at radius 3 is 2.45 bits per heavy atom. The minimum Gasteiger partial charge on any atom is -0.494 e. The molecule has 10 nitrogen and oxygen atoms in total. The summed E-state index contributed by atoms with van der Waals surface area (Å²) in [5.74, 6) is -0.0516. The zero-order valence-corrected chi connectivity index (χ0v) is 23.1. The second-order valence-electron chi connectivity index (χ2n) is 8.03. The van der Waals surface area contributed by atoms with E-state index in [1.807, 2.05) is 6.92 Å². The van der Waals surface area contributed by atoms with Crippen molar-refractivity contribution in [3.63, 3.8) is 0 Å². The van der Waals surface area contributed by atoms with Crippen LogP contribution in [0.1, 0.15) is 32.5 Å². The van der Waals surface area contributed by atoms with Gasteiger partial charge < -0.3 is 14.2 Å². The molecular weight excluding hydrogens is 554 g/mol. The SMILES string of the molecule is CCOc1ccc(S(=O)(=O)Nc2ccccc2C(=O)NN=Cc2ccc(OC(=O)c3cccs3)c(OC)c2)cc1. The van der Waals surface area contributed by atoms with E-state index in [4.69, 9.17) is 14.2 Å². The maximum Gasteiger partial charge on any atom is 0.353 e. The van der Waals surface area contributed by atoms with Crippen LogP contribution >= 0.6 is 11.3 Å². The van der Waals surface area contributed by atoms with Gasteiger partial charge in [-0.05, 0) is 78.5 Å². The van der Waals surface area contributed by atoms with Gasteiger partial charge in [0, 0.05) is 0 Å². The van der Waals surface area contributed by atoms with Crippen LogP contribution in [0.25, 0.3) is 0 Å². The molecule has 12 heteroatoms. The molecule has 40 heavy (non-hydrogen) atoms. The molecule has 0 saturated carbocycles. The predicted molar refractivity (Wildman–Crippen MR) is 152 cm³/mol. The molecule has 0 fully saturated rings. The summed E-state index contributed by atoms with van der Waals surface area (Å²) in [4.78, 5) is 25.6. The van der Waals surface area contributed by atoms with Crippen molar-refractivity contribution in [1.82, 2.24) is 5.43 Å². The number of sulfonamides is 1. The molecule has 0 unspecified atom stereocenters. The van der Waals surface area contributed by atoms with Gasteiger partial charge in [0.25, 0.3) is 15.9 Å². The minimum absolute atomic E-state index is 0.0163. The summed E-state index contributed by atoms with van der Waals surface area (Å²) in [7, 11) is -2.54. The first-order valence-electron chi connectivity index (χ1n) is 11.9. The molecule has 2 N–H and O–H groups in total. The highest BCUT2D eigenvalue weighted by Gasteiger charge is 2.19. The van der Waals surface area contributed by atoms with Crippen LogP contribution in [0.2, 0.25) is 0 Å². The molecule has 0 radical (unpaired) electrons. The van der Waals surface area contributed by atoms with Crippen molar-refractivity contribution in [2.45, 2.75) is 11.8 Å². The van der Waals surface area contributed by atoms with Crippen molar-refractivity contribution in [2.24, 2.45) is 5.10 Å². The number of para-hydroxylation sites is 1. The Balaban J connectivity index is 1.43. The zero-order chi connectivity index (χ0) is 28.5. The highest BCUT2D eigenvalue weighted by molar-refractivity contribution is 7.92. The van der Waals surface area contributed by atoms with Crippen LogP contribution in [0.5, 0.6) is 17.2 Å². The number of carbonyl (C=O) groups excluding carboxylic acids is 2. The minimum atomic E-state index is -3.97. The third-order valence-corrected chi connectivity index (χ3v) is 7.58. The molecule has 4 aromatic rings. The number of nitrogens with zero attached hydrogens (tertiary/aromatic N) is 1. The molecule has 0 bridgehead atoms. The van der Waals surface area contributed by atoms with Gasteiger partial charge >= 0.3 is 5.97 Å². The summed E-state index contributed by atoms with van der Waals surface area (Å²) in [6, 6.07) is 20.3. The number of ether oxygens (including phenoxy) is 3. The molecule has 1 amide bonds. The molecule has 1 aromatic heterocycles. The van der Waals surface area contributed by atoms with E-state index in [0.29, 0.717) is 28.5 Å². The summed E-state index contributed by atoms with van der Waals surface area (Å²) in [6.45, 7) is 2.29. The lowest BCUT2D eigenvalue weighted by Crippen LogP contribution is -2.21. The summed E-state index contributed by atoms with van der Waals surface area (Å²) in [5.41, 5.74) is 3.10. The third kappa shape index (κ3) is 7.04. The van der Waals surface area contributed by atoms with Crippen molar-refractivity contribution in [2.75, 3.05) is 18.4 Å². The van der Waals surface area contributed by atoms with Crippen molar-refractivity contribution in [1.29, 1.82) is 0 Å². The van der Waals surface area contributed by atoms with Gasteiger partial charge in [-0.3, -0.25) is 9.52 Å². The van der Waals surface area contributed by atoms with Gasteiger partial charge in [0.05, 0.1) is 36.1 Å². The van der Waals surface area contributed by atoms with Crippen LogP contribution in [-0.2, 0) is 10.0 Å². The molecule has 0 aliphatic carbocycles. The van der Waals surface area contributed by atoms with Gasteiger partial charge in [0.1, 0.15) is 10.6 Å². The number of thiophene rings is 1. The summed E-state index contributed by atoms with van der Waals surface area (Å²) in [5, 5.41) is 5.74. The molecule has 0 saturated heterocycles. The van der Waals surface area contributed by atoms with E-state index in [9.17, 15) is 18.0 Å². The van der Waals surface area contributed by atoms with E-state index in [1.165, 1.54) is 48.9 Å². The number of methoxy groups -OCH3 is 1. The molecule has 4 rings (SSSR count). The molecule has 206 valence electrons. The Hall–Kier alpha value is -4.68. The highest BCUT2D eigenvalue weighted by Crippen LogP contribution is 2.29. The highest BCUT2D eigenvalue weighted by atomic mass is 32.2. The monoisotopic (exact) mass is 579 g/mol. The van der Waals surface area contributed by atoms with Gasteiger partial charge in [-0.15, -0.1) is 11.3 Å². The average molecular weight is 580 g/mol. The number of hydrazone groups is 1. The van der Waals surface area contributed by atoms with Gasteiger partial charge in [-0.1, -0.05) is 18.2 Å².